The molecule has 5 aliphatic rings. The molecule has 1 aromatic rings. The molecule has 1 heterocycles. The fourth-order valence-electron chi connectivity index (χ4n) is 9.62. The van der Waals surface area contributed by atoms with Crippen LogP contribution in [0.5, 0.6) is 0 Å². The smallest absolute Gasteiger partial charge is 0.456 e. The third-order valence-electron chi connectivity index (χ3n) is 12.3. The average Bonchev–Trinajstić information content (AvgIpc) is 3.31. The Hall–Kier alpha value is -2.81. The highest BCUT2D eigenvalue weighted by Gasteiger charge is 2.79. The van der Waals surface area contributed by atoms with Gasteiger partial charge in [0.1, 0.15) is 12.2 Å². The first-order valence-corrected chi connectivity index (χ1v) is 17.3. The number of aliphatic hydroxyl groups is 2. The molecule has 0 radical (unpaired) electrons. The lowest BCUT2D eigenvalue weighted by atomic mass is 9.49. The van der Waals surface area contributed by atoms with E-state index in [0.29, 0.717) is 43.6 Å². The minimum Gasteiger partial charge on any atom is -0.481 e. The molecule has 278 valence electrons. The van der Waals surface area contributed by atoms with Crippen LogP contribution in [0.1, 0.15) is 95.6 Å². The zero-order chi connectivity index (χ0) is 36.5. The van der Waals surface area contributed by atoms with Crippen molar-refractivity contribution in [2.45, 2.75) is 120 Å². The molecule has 50 heavy (non-hydrogen) atoms. The van der Waals surface area contributed by atoms with Gasteiger partial charge in [-0.25, -0.2) is 4.79 Å². The van der Waals surface area contributed by atoms with Gasteiger partial charge in [0.25, 0.3) is 0 Å². The highest BCUT2D eigenvalue weighted by Crippen LogP contribution is 2.71. The summed E-state index contributed by atoms with van der Waals surface area (Å²) in [4.78, 5) is 22.7. The number of ether oxygens (including phenoxy) is 3. The fourth-order valence-corrected chi connectivity index (χ4v) is 9.62. The van der Waals surface area contributed by atoms with Gasteiger partial charge in [0, 0.05) is 36.1 Å². The van der Waals surface area contributed by atoms with Crippen LogP contribution in [0, 0.1) is 22.7 Å². The number of aliphatic carboxylic acids is 1. The number of benzene rings is 1. The third-order valence-corrected chi connectivity index (χ3v) is 12.3. The number of alkyl carbamates (subject to hydrolysis) is 1. The molecule has 4 aliphatic carbocycles. The second-order valence-electron chi connectivity index (χ2n) is 16.1. The molecular formula is C36H46F5NO8. The topological polar surface area (TPSA) is 135 Å². The van der Waals surface area contributed by atoms with Crippen molar-refractivity contribution >= 4 is 12.1 Å². The molecule has 2 unspecified atom stereocenters. The Morgan fingerprint density at radius 3 is 2.26 bits per heavy atom. The maximum atomic E-state index is 15.4. The lowest BCUT2D eigenvalue weighted by Gasteiger charge is -2.59. The van der Waals surface area contributed by atoms with Gasteiger partial charge in [0.15, 0.2) is 5.79 Å². The van der Waals surface area contributed by atoms with Crippen LogP contribution in [0.3, 0.4) is 0 Å². The Morgan fingerprint density at radius 1 is 0.980 bits per heavy atom. The van der Waals surface area contributed by atoms with Crippen LogP contribution in [0.2, 0.25) is 0 Å². The van der Waals surface area contributed by atoms with Crippen molar-refractivity contribution in [1.82, 2.24) is 5.32 Å². The lowest BCUT2D eigenvalue weighted by Crippen LogP contribution is -2.65. The van der Waals surface area contributed by atoms with E-state index in [0.717, 1.165) is 11.1 Å². The summed E-state index contributed by atoms with van der Waals surface area (Å²) in [6.45, 7) is 6.05. The first-order valence-electron chi connectivity index (χ1n) is 17.3. The van der Waals surface area contributed by atoms with Crippen molar-refractivity contribution in [3.63, 3.8) is 0 Å². The van der Waals surface area contributed by atoms with Crippen molar-refractivity contribution < 1.29 is 61.1 Å². The van der Waals surface area contributed by atoms with E-state index in [1.807, 2.05) is 13.8 Å². The lowest BCUT2D eigenvalue weighted by molar-refractivity contribution is -0.362. The van der Waals surface area contributed by atoms with Gasteiger partial charge in [0.05, 0.1) is 25.2 Å². The number of carboxylic acids is 1. The zero-order valence-electron chi connectivity index (χ0n) is 28.5. The molecule has 1 aromatic carbocycles. The molecule has 1 spiro atoms. The van der Waals surface area contributed by atoms with Gasteiger partial charge >= 0.3 is 24.2 Å². The molecule has 1 saturated heterocycles. The maximum Gasteiger partial charge on any atom is 0.456 e. The number of rotatable bonds is 7. The Bertz CT molecular complexity index is 1520. The number of nitrogens with one attached hydrogen (secondary N) is 1. The van der Waals surface area contributed by atoms with E-state index in [1.54, 1.807) is 24.3 Å². The minimum absolute atomic E-state index is 0.0126. The standard InChI is InChI=1S/C36H46F5NO8/c1-30(2)19-49-33(50-20-30)13-9-26-28-23(8-12-32(26,46)18-33)25-10-14-34(47,35(37,38)36(39,40)41)31(25,3)16-24(28)22-6-4-21(5-7-22)17-48-29(45)42-15-11-27(43)44/h4-7,23-25,46-47H,8-20H2,1-3H3,(H,42,45)(H,43,44)/t23?,24-,25?,31+,32-,34+/m1/s1. The summed E-state index contributed by atoms with van der Waals surface area (Å²) in [5, 5.41) is 35.0. The van der Waals surface area contributed by atoms with E-state index in [9.17, 15) is 33.0 Å². The molecule has 9 nitrogen and oxygen atoms in total. The Kier molecular flexibility index (Phi) is 9.17. The summed E-state index contributed by atoms with van der Waals surface area (Å²) in [7, 11) is 0. The van der Waals surface area contributed by atoms with Gasteiger partial charge in [0.2, 0.25) is 0 Å². The van der Waals surface area contributed by atoms with Gasteiger partial charge in [-0.3, -0.25) is 4.79 Å². The summed E-state index contributed by atoms with van der Waals surface area (Å²) >= 11 is 0. The van der Waals surface area contributed by atoms with Crippen molar-refractivity contribution in [1.29, 1.82) is 0 Å². The fraction of sp³-hybridized carbons (Fsp3) is 0.722. The number of halogens is 5. The van der Waals surface area contributed by atoms with Crippen molar-refractivity contribution in [2.24, 2.45) is 22.7 Å². The number of carbonyl (C=O) groups excluding carboxylic acids is 1. The van der Waals surface area contributed by atoms with E-state index in [4.69, 9.17) is 19.3 Å². The summed E-state index contributed by atoms with van der Waals surface area (Å²) in [5.41, 5.74) is -3.89. The Balaban J connectivity index is 1.35. The van der Waals surface area contributed by atoms with E-state index in [2.05, 4.69) is 5.32 Å². The number of carboxylic acid groups (broad SMARTS) is 1. The highest BCUT2D eigenvalue weighted by molar-refractivity contribution is 5.70. The quantitative estimate of drug-likeness (QED) is 0.183. The third kappa shape index (κ3) is 6.11. The Morgan fingerprint density at radius 2 is 1.64 bits per heavy atom. The van der Waals surface area contributed by atoms with Crippen molar-refractivity contribution in [3.05, 3.63) is 46.5 Å². The van der Waals surface area contributed by atoms with E-state index in [1.165, 1.54) is 6.92 Å². The molecular weight excluding hydrogens is 669 g/mol. The Labute approximate surface area is 287 Å². The van der Waals surface area contributed by atoms with Gasteiger partial charge in [-0.1, -0.05) is 50.6 Å². The number of hydrogen-bond donors (Lipinski definition) is 4. The van der Waals surface area contributed by atoms with Crippen LogP contribution in [0.4, 0.5) is 26.7 Å². The number of hydrogen-bond acceptors (Lipinski definition) is 7. The van der Waals surface area contributed by atoms with Crippen LogP contribution in [-0.4, -0.2) is 76.2 Å². The molecule has 4 N–H and O–H groups in total. The van der Waals surface area contributed by atoms with Crippen LogP contribution in [0.15, 0.2) is 35.4 Å². The number of fused-ring (bicyclic) bond motifs is 4. The monoisotopic (exact) mass is 715 g/mol. The second-order valence-corrected chi connectivity index (χ2v) is 16.1. The summed E-state index contributed by atoms with van der Waals surface area (Å²) < 4.78 is 90.2. The predicted molar refractivity (Wildman–Crippen MR) is 168 cm³/mol. The molecule has 14 heteroatoms. The van der Waals surface area contributed by atoms with Crippen molar-refractivity contribution in [2.75, 3.05) is 19.8 Å². The summed E-state index contributed by atoms with van der Waals surface area (Å²) in [6, 6.07) is 6.75. The zero-order valence-corrected chi connectivity index (χ0v) is 28.5. The number of carbonyl (C=O) groups is 2. The summed E-state index contributed by atoms with van der Waals surface area (Å²) in [6.07, 6.45) is -6.33. The predicted octanol–water partition coefficient (Wildman–Crippen LogP) is 6.61. The van der Waals surface area contributed by atoms with Gasteiger partial charge in [-0.05, 0) is 67.1 Å². The van der Waals surface area contributed by atoms with Crippen LogP contribution in [0.25, 0.3) is 0 Å². The van der Waals surface area contributed by atoms with Crippen LogP contribution < -0.4 is 5.32 Å². The number of amides is 1. The van der Waals surface area contributed by atoms with Crippen LogP contribution in [-0.2, 0) is 25.6 Å². The maximum absolute atomic E-state index is 15.4. The molecule has 0 bridgehead atoms. The van der Waals surface area contributed by atoms with E-state index in [-0.39, 0.29) is 50.7 Å². The number of alkyl halides is 5. The minimum atomic E-state index is -5.95. The highest BCUT2D eigenvalue weighted by atomic mass is 19.4. The molecule has 0 aromatic heterocycles. The van der Waals surface area contributed by atoms with Gasteiger partial charge in [-0.2, -0.15) is 22.0 Å². The van der Waals surface area contributed by atoms with Crippen LogP contribution >= 0.6 is 0 Å². The molecule has 3 saturated carbocycles. The molecule has 1 amide bonds. The molecule has 1 aliphatic heterocycles. The molecule has 6 rings (SSSR count). The van der Waals surface area contributed by atoms with Gasteiger partial charge in [-0.15, -0.1) is 0 Å². The molecule has 6 atom stereocenters. The average molecular weight is 716 g/mol. The summed E-state index contributed by atoms with van der Waals surface area (Å²) in [5.74, 6) is -9.21. The largest absolute Gasteiger partial charge is 0.481 e. The normalized spacial score (nSPS) is 34.8. The molecule has 4 fully saturated rings. The first-order chi connectivity index (χ1) is 23.2. The van der Waals surface area contributed by atoms with Gasteiger partial charge < -0.3 is 34.8 Å². The van der Waals surface area contributed by atoms with E-state index >= 15 is 8.78 Å². The first kappa shape index (κ1) is 37.0. The SMILES string of the molecule is CC1(C)COC2(CCC3=C4C(CC[C@@]3(O)C2)C2CC[C@@](O)(C(F)(F)C(F)(F)F)[C@@]2(C)C[C@@H]4c2ccc(COC(=O)NCCC(=O)O)cc2)OC1. The second kappa shape index (κ2) is 12.4. The van der Waals surface area contributed by atoms with E-state index < -0.39 is 70.7 Å². The van der Waals surface area contributed by atoms with Crippen molar-refractivity contribution in [3.8, 4) is 0 Å². The number of allylic oxidation sites excluding steroid dienone is 1.